The summed E-state index contributed by atoms with van der Waals surface area (Å²) in [6, 6.07) is -1.71. The summed E-state index contributed by atoms with van der Waals surface area (Å²) in [5.41, 5.74) is -0.145. The van der Waals surface area contributed by atoms with Gasteiger partial charge in [0.15, 0.2) is 11.8 Å². The molecule has 0 spiro atoms. The van der Waals surface area contributed by atoms with Crippen molar-refractivity contribution >= 4 is 35.2 Å². The minimum Gasteiger partial charge on any atom is -0.476 e. The van der Waals surface area contributed by atoms with Gasteiger partial charge in [0.25, 0.3) is 5.91 Å². The highest BCUT2D eigenvalue weighted by molar-refractivity contribution is 7.09. The topological polar surface area (TPSA) is 150 Å². The predicted octanol–water partition coefficient (Wildman–Crippen LogP) is 5.40. The van der Waals surface area contributed by atoms with Gasteiger partial charge in [-0.15, -0.1) is 11.3 Å². The van der Waals surface area contributed by atoms with Gasteiger partial charge in [-0.2, -0.15) is 0 Å². The number of ether oxygens (including phenoxy) is 1. The number of likely N-dealkylation sites (N-methyl/N-ethyl adjacent to an activating group) is 1. The van der Waals surface area contributed by atoms with Crippen molar-refractivity contribution in [2.45, 2.75) is 124 Å². The maximum atomic E-state index is 14.5. The van der Waals surface area contributed by atoms with Crippen LogP contribution in [-0.2, 0) is 19.2 Å². The fourth-order valence-corrected chi connectivity index (χ4v) is 6.23. The monoisotopic (exact) mass is 653 g/mol. The van der Waals surface area contributed by atoms with Crippen LogP contribution in [0.4, 0.5) is 4.79 Å². The Kier molecular flexibility index (Phi) is 16.8. The van der Waals surface area contributed by atoms with Crippen molar-refractivity contribution < 1.29 is 33.9 Å². The minimum atomic E-state index is -1.18. The van der Waals surface area contributed by atoms with E-state index >= 15 is 0 Å². The summed E-state index contributed by atoms with van der Waals surface area (Å²) < 4.78 is 5.76. The second-order valence-electron chi connectivity index (χ2n) is 12.3. The largest absolute Gasteiger partial charge is 0.476 e. The first-order valence-corrected chi connectivity index (χ1v) is 17.4. The Balaban J connectivity index is 2.46. The second kappa shape index (κ2) is 19.7. The van der Waals surface area contributed by atoms with Gasteiger partial charge in [0, 0.05) is 18.3 Å². The van der Waals surface area contributed by atoms with E-state index in [0.717, 1.165) is 62.8 Å². The average Bonchev–Trinajstić information content (AvgIpc) is 3.50. The summed E-state index contributed by atoms with van der Waals surface area (Å²) in [5, 5.41) is 18.3. The van der Waals surface area contributed by atoms with E-state index in [4.69, 9.17) is 9.57 Å². The molecule has 1 aliphatic rings. The number of nitrogens with one attached hydrogen (secondary N) is 2. The number of carboxylic acid groups (broad SMARTS) is 1. The number of hydrogen-bond donors (Lipinski definition) is 3. The van der Waals surface area contributed by atoms with Crippen molar-refractivity contribution in [3.63, 3.8) is 0 Å². The minimum absolute atomic E-state index is 0.120. The van der Waals surface area contributed by atoms with Crippen LogP contribution in [-0.4, -0.2) is 88.8 Å². The van der Waals surface area contributed by atoms with E-state index in [0.29, 0.717) is 24.6 Å². The van der Waals surface area contributed by atoms with Gasteiger partial charge >= 0.3 is 12.1 Å². The van der Waals surface area contributed by atoms with Crippen LogP contribution in [0.3, 0.4) is 0 Å². The van der Waals surface area contributed by atoms with Crippen LogP contribution in [0, 0.1) is 11.8 Å². The zero-order valence-electron chi connectivity index (χ0n) is 28.2. The third kappa shape index (κ3) is 11.8. The SMILES string of the molecule is CCCCCCON(C(=O)C(NC(=O)[C@H]1CCCCN1C)C(C)CC)C(CC(OC(=O)NCC)c1nc(C(=O)O)cs1)C(C)C. The molecule has 2 rings (SSSR count). The maximum Gasteiger partial charge on any atom is 0.407 e. The molecule has 1 aliphatic heterocycles. The normalized spacial score (nSPS) is 18.1. The van der Waals surface area contributed by atoms with Crippen LogP contribution in [0.2, 0.25) is 0 Å². The number of piperidine rings is 1. The lowest BCUT2D eigenvalue weighted by Gasteiger charge is -2.39. The third-order valence-corrected chi connectivity index (χ3v) is 9.35. The van der Waals surface area contributed by atoms with Gasteiger partial charge in [-0.1, -0.05) is 66.7 Å². The lowest BCUT2D eigenvalue weighted by atomic mass is 9.93. The molecule has 0 aliphatic carbocycles. The number of thiazole rings is 1. The Bertz CT molecular complexity index is 1080. The first-order valence-electron chi connectivity index (χ1n) is 16.5. The maximum absolute atomic E-state index is 14.5. The predicted molar refractivity (Wildman–Crippen MR) is 174 cm³/mol. The molecule has 1 fully saturated rings. The zero-order valence-corrected chi connectivity index (χ0v) is 29.0. The number of amides is 3. The summed E-state index contributed by atoms with van der Waals surface area (Å²) in [4.78, 5) is 64.8. The number of carbonyl (C=O) groups excluding carboxylic acids is 3. The fraction of sp³-hybridized carbons (Fsp3) is 0.781. The number of aromatic carboxylic acids is 1. The quantitative estimate of drug-likeness (QED) is 0.132. The van der Waals surface area contributed by atoms with Gasteiger partial charge in [-0.05, 0) is 51.6 Å². The van der Waals surface area contributed by atoms with Crippen LogP contribution < -0.4 is 10.6 Å². The number of hydrogen-bond acceptors (Lipinski definition) is 9. The molecule has 0 radical (unpaired) electrons. The van der Waals surface area contributed by atoms with Crippen LogP contribution >= 0.6 is 11.3 Å². The molecule has 5 atom stereocenters. The molecule has 45 heavy (non-hydrogen) atoms. The van der Waals surface area contributed by atoms with Gasteiger partial charge in [-0.3, -0.25) is 19.3 Å². The number of carbonyl (C=O) groups is 4. The second-order valence-corrected chi connectivity index (χ2v) is 13.2. The van der Waals surface area contributed by atoms with Crippen LogP contribution in [0.25, 0.3) is 0 Å². The summed E-state index contributed by atoms with van der Waals surface area (Å²) in [7, 11) is 1.94. The third-order valence-electron chi connectivity index (χ3n) is 8.41. The number of carboxylic acids is 1. The fourth-order valence-electron chi connectivity index (χ4n) is 5.40. The molecule has 3 N–H and O–H groups in total. The van der Waals surface area contributed by atoms with E-state index < -0.39 is 30.3 Å². The molecule has 13 heteroatoms. The van der Waals surface area contributed by atoms with Gasteiger partial charge in [0.2, 0.25) is 5.91 Å². The Labute approximate surface area is 272 Å². The van der Waals surface area contributed by atoms with Gasteiger partial charge in [0.1, 0.15) is 11.0 Å². The summed E-state index contributed by atoms with van der Waals surface area (Å²) >= 11 is 1.08. The van der Waals surface area contributed by atoms with Gasteiger partial charge < -0.3 is 20.5 Å². The Hall–Kier alpha value is -2.77. The highest BCUT2D eigenvalue weighted by atomic mass is 32.1. The summed E-state index contributed by atoms with van der Waals surface area (Å²) in [6.45, 7) is 13.2. The van der Waals surface area contributed by atoms with E-state index in [1.165, 1.54) is 10.4 Å². The highest BCUT2D eigenvalue weighted by Gasteiger charge is 2.40. The highest BCUT2D eigenvalue weighted by Crippen LogP contribution is 2.32. The van der Waals surface area contributed by atoms with Crippen LogP contribution in [0.5, 0.6) is 0 Å². The summed E-state index contributed by atoms with van der Waals surface area (Å²) in [6.07, 6.45) is 5.71. The summed E-state index contributed by atoms with van der Waals surface area (Å²) in [5.74, 6) is -2.03. The van der Waals surface area contributed by atoms with Crippen LogP contribution in [0.15, 0.2) is 5.38 Å². The molecule has 0 bridgehead atoms. The average molecular weight is 654 g/mol. The number of alkyl carbamates (subject to hydrolysis) is 1. The number of hydroxylamine groups is 2. The Morgan fingerprint density at radius 1 is 1.13 bits per heavy atom. The molecule has 1 saturated heterocycles. The van der Waals surface area contributed by atoms with Crippen LogP contribution in [0.1, 0.15) is 121 Å². The first kappa shape index (κ1) is 38.4. The first-order chi connectivity index (χ1) is 21.4. The molecule has 2 heterocycles. The zero-order chi connectivity index (χ0) is 33.5. The van der Waals surface area contributed by atoms with Gasteiger partial charge in [0.05, 0.1) is 18.7 Å². The standard InChI is InChI=1S/C32H55N5O7S/c1-8-11-12-15-18-43-37(30(39)27(22(6)9-2)35-28(38)24-16-13-14-17-36(24)7)25(21(4)5)19-26(44-32(42)33-10-3)29-34-23(20-45-29)31(40)41/h20-22,24-27H,8-19H2,1-7H3,(H,33,42)(H,35,38)(H,40,41)/t22?,24-,25?,26?,27?/m1/s1. The molecule has 3 amide bonds. The van der Waals surface area contributed by atoms with E-state index in [9.17, 15) is 24.3 Å². The molecular weight excluding hydrogens is 598 g/mol. The van der Waals surface area contributed by atoms with Crippen molar-refractivity contribution in [2.24, 2.45) is 11.8 Å². The molecule has 12 nitrogen and oxygen atoms in total. The van der Waals surface area contributed by atoms with Gasteiger partial charge in [-0.25, -0.2) is 19.6 Å². The number of nitrogens with zero attached hydrogens (tertiary/aromatic N) is 3. The molecule has 1 aromatic rings. The lowest BCUT2D eigenvalue weighted by molar-refractivity contribution is -0.212. The lowest BCUT2D eigenvalue weighted by Crippen LogP contribution is -2.58. The number of rotatable bonds is 19. The van der Waals surface area contributed by atoms with E-state index in [1.54, 1.807) is 6.92 Å². The smallest absolute Gasteiger partial charge is 0.407 e. The van der Waals surface area contributed by atoms with E-state index in [-0.39, 0.29) is 41.8 Å². The van der Waals surface area contributed by atoms with Crippen molar-refractivity contribution in [3.05, 3.63) is 16.1 Å². The molecule has 4 unspecified atom stereocenters. The number of aromatic nitrogens is 1. The van der Waals surface area contributed by atoms with Crippen molar-refractivity contribution in [1.29, 1.82) is 0 Å². The van der Waals surface area contributed by atoms with E-state index in [1.807, 2.05) is 39.6 Å². The van der Waals surface area contributed by atoms with Crippen molar-refractivity contribution in [1.82, 2.24) is 25.6 Å². The molecule has 0 saturated carbocycles. The molecule has 1 aromatic heterocycles. The molecule has 0 aromatic carbocycles. The van der Waals surface area contributed by atoms with Crippen molar-refractivity contribution in [3.8, 4) is 0 Å². The number of unbranched alkanes of at least 4 members (excludes halogenated alkanes) is 3. The number of likely N-dealkylation sites (tertiary alicyclic amines) is 1. The molecule has 256 valence electrons. The Morgan fingerprint density at radius 3 is 2.44 bits per heavy atom. The van der Waals surface area contributed by atoms with Crippen molar-refractivity contribution in [2.75, 3.05) is 26.7 Å². The van der Waals surface area contributed by atoms with E-state index in [2.05, 4.69) is 22.5 Å². The Morgan fingerprint density at radius 2 is 1.87 bits per heavy atom. The molecular formula is C32H55N5O7S.